The maximum atomic E-state index is 12.1. The molecule has 0 radical (unpaired) electrons. The van der Waals surface area contributed by atoms with Crippen molar-refractivity contribution in [2.75, 3.05) is 26.0 Å². The molecule has 0 saturated carbocycles. The molecule has 1 aromatic rings. The molecule has 0 aliphatic heterocycles. The first kappa shape index (κ1) is 14.0. The molecule has 3 heteroatoms. The highest BCUT2D eigenvalue weighted by Crippen LogP contribution is 2.27. The monoisotopic (exact) mass is 236 g/mol. The summed E-state index contributed by atoms with van der Waals surface area (Å²) in [5, 5.41) is 15.5. The third-order valence-corrected chi connectivity index (χ3v) is 3.98. The Morgan fingerprint density at radius 3 is 2.24 bits per heavy atom. The fraction of sp³-hybridized carbons (Fsp3) is 0.571. The zero-order valence-corrected chi connectivity index (χ0v) is 11.5. The number of hydroxylamine groups is 3. The lowest BCUT2D eigenvalue weighted by Gasteiger charge is -2.51. The van der Waals surface area contributed by atoms with E-state index in [0.29, 0.717) is 0 Å². The second-order valence-electron chi connectivity index (χ2n) is 5.65. The fourth-order valence-corrected chi connectivity index (χ4v) is 1.61. The summed E-state index contributed by atoms with van der Waals surface area (Å²) < 4.78 is -0.273. The van der Waals surface area contributed by atoms with Crippen LogP contribution in [0.25, 0.3) is 0 Å². The van der Waals surface area contributed by atoms with Gasteiger partial charge in [0.15, 0.2) is 0 Å². The molecule has 0 aliphatic rings. The number of hydrogen-bond donors (Lipinski definition) is 1. The van der Waals surface area contributed by atoms with Crippen LogP contribution in [0.5, 0.6) is 0 Å². The van der Waals surface area contributed by atoms with Crippen molar-refractivity contribution in [2.24, 2.45) is 5.92 Å². The van der Waals surface area contributed by atoms with Crippen LogP contribution in [0.4, 0.5) is 5.69 Å². The van der Waals surface area contributed by atoms with E-state index in [1.165, 1.54) is 0 Å². The molecule has 17 heavy (non-hydrogen) atoms. The molecular formula is C14H24N2O. The van der Waals surface area contributed by atoms with Gasteiger partial charge in [-0.05, 0) is 26.0 Å². The molecule has 0 saturated heterocycles. The third kappa shape index (κ3) is 3.45. The number of benzene rings is 1. The Kier molecular flexibility index (Phi) is 4.17. The standard InChI is InChI=1S/C14H24N2O/c1-12(14(2,3)16(4,5)17)11-15-13-9-7-6-8-10-13/h6-10,12,15H,11H2,1-5H3. The van der Waals surface area contributed by atoms with Crippen LogP contribution in [0.15, 0.2) is 30.3 Å². The smallest absolute Gasteiger partial charge is 0.0971 e. The van der Waals surface area contributed by atoms with Gasteiger partial charge < -0.3 is 15.2 Å². The Bertz CT molecular complexity index is 341. The molecule has 0 bridgehead atoms. The molecule has 1 unspecified atom stereocenters. The van der Waals surface area contributed by atoms with Gasteiger partial charge in [0.2, 0.25) is 0 Å². The van der Waals surface area contributed by atoms with Gasteiger partial charge in [-0.3, -0.25) is 0 Å². The third-order valence-electron chi connectivity index (χ3n) is 3.98. The van der Waals surface area contributed by atoms with Crippen molar-refractivity contribution >= 4 is 5.69 Å². The average molecular weight is 236 g/mol. The van der Waals surface area contributed by atoms with Crippen LogP contribution in [0.1, 0.15) is 20.8 Å². The molecule has 0 fully saturated rings. The summed E-state index contributed by atoms with van der Waals surface area (Å²) in [6.07, 6.45) is 0. The number of para-hydroxylation sites is 1. The van der Waals surface area contributed by atoms with Crippen molar-refractivity contribution < 1.29 is 4.65 Å². The van der Waals surface area contributed by atoms with Crippen LogP contribution < -0.4 is 5.32 Å². The highest BCUT2D eigenvalue weighted by atomic mass is 16.5. The summed E-state index contributed by atoms with van der Waals surface area (Å²) >= 11 is 0. The lowest BCUT2D eigenvalue weighted by molar-refractivity contribution is -0.895. The quantitative estimate of drug-likeness (QED) is 0.630. The van der Waals surface area contributed by atoms with E-state index in [1.807, 2.05) is 44.2 Å². The lowest BCUT2D eigenvalue weighted by Crippen LogP contribution is -2.56. The van der Waals surface area contributed by atoms with Gasteiger partial charge in [0.05, 0.1) is 19.6 Å². The van der Waals surface area contributed by atoms with Crippen LogP contribution >= 0.6 is 0 Å². The van der Waals surface area contributed by atoms with E-state index < -0.39 is 0 Å². The van der Waals surface area contributed by atoms with Gasteiger partial charge in [0.1, 0.15) is 0 Å². The van der Waals surface area contributed by atoms with E-state index in [0.717, 1.165) is 12.2 Å². The van der Waals surface area contributed by atoms with Gasteiger partial charge >= 0.3 is 0 Å². The summed E-state index contributed by atoms with van der Waals surface area (Å²) in [5.41, 5.74) is 0.799. The zero-order valence-electron chi connectivity index (χ0n) is 11.5. The Labute approximate surface area is 105 Å². The predicted molar refractivity (Wildman–Crippen MR) is 73.7 cm³/mol. The minimum absolute atomic E-state index is 0.273. The van der Waals surface area contributed by atoms with Crippen molar-refractivity contribution in [3.63, 3.8) is 0 Å². The van der Waals surface area contributed by atoms with Gasteiger partial charge in [-0.25, -0.2) is 0 Å². The molecule has 1 atom stereocenters. The first-order chi connectivity index (χ1) is 7.75. The molecule has 3 nitrogen and oxygen atoms in total. The van der Waals surface area contributed by atoms with Crippen LogP contribution in [0.3, 0.4) is 0 Å². The van der Waals surface area contributed by atoms with Crippen molar-refractivity contribution in [1.29, 1.82) is 0 Å². The summed E-state index contributed by atoms with van der Waals surface area (Å²) in [7, 11) is 3.41. The topological polar surface area (TPSA) is 35.1 Å². The number of rotatable bonds is 5. The van der Waals surface area contributed by atoms with Crippen molar-refractivity contribution in [1.82, 2.24) is 0 Å². The number of hydrogen-bond acceptors (Lipinski definition) is 2. The van der Waals surface area contributed by atoms with Crippen LogP contribution in [-0.2, 0) is 0 Å². The predicted octanol–water partition coefficient (Wildman–Crippen LogP) is 3.09. The first-order valence-electron chi connectivity index (χ1n) is 6.09. The minimum atomic E-state index is -0.304. The fourth-order valence-electron chi connectivity index (χ4n) is 1.61. The van der Waals surface area contributed by atoms with Crippen LogP contribution in [0.2, 0.25) is 0 Å². The lowest BCUT2D eigenvalue weighted by atomic mass is 9.87. The SMILES string of the molecule is CC(CNc1ccccc1)C(C)(C)[N+](C)(C)[O-]. The van der Waals surface area contributed by atoms with Gasteiger partial charge in [0.25, 0.3) is 0 Å². The Morgan fingerprint density at radius 1 is 1.24 bits per heavy atom. The Balaban J connectivity index is 2.59. The summed E-state index contributed by atoms with van der Waals surface area (Å²) in [6.45, 7) is 6.98. The van der Waals surface area contributed by atoms with E-state index >= 15 is 0 Å². The maximum Gasteiger partial charge on any atom is 0.0971 e. The molecule has 0 spiro atoms. The summed E-state index contributed by atoms with van der Waals surface area (Å²) in [6, 6.07) is 10.1. The van der Waals surface area contributed by atoms with Crippen molar-refractivity contribution in [3.8, 4) is 0 Å². The average Bonchev–Trinajstić information content (AvgIpc) is 2.25. The summed E-state index contributed by atoms with van der Waals surface area (Å²) in [5.74, 6) is 0.287. The van der Waals surface area contributed by atoms with E-state index in [1.54, 1.807) is 14.1 Å². The van der Waals surface area contributed by atoms with Crippen LogP contribution in [0, 0.1) is 11.1 Å². The van der Waals surface area contributed by atoms with Crippen LogP contribution in [-0.4, -0.2) is 30.8 Å². The van der Waals surface area contributed by atoms with E-state index in [9.17, 15) is 5.21 Å². The van der Waals surface area contributed by atoms with Gasteiger partial charge in [-0.15, -0.1) is 0 Å². The minimum Gasteiger partial charge on any atom is -0.633 e. The molecule has 96 valence electrons. The number of nitrogens with one attached hydrogen (secondary N) is 1. The number of anilines is 1. The number of nitrogens with zero attached hydrogens (tertiary/aromatic N) is 1. The van der Waals surface area contributed by atoms with Crippen molar-refractivity contribution in [2.45, 2.75) is 26.3 Å². The highest BCUT2D eigenvalue weighted by molar-refractivity contribution is 5.42. The summed E-state index contributed by atoms with van der Waals surface area (Å²) in [4.78, 5) is 0. The van der Waals surface area contributed by atoms with Gasteiger partial charge in [-0.1, -0.05) is 25.1 Å². The Hall–Kier alpha value is -1.06. The molecule has 0 aliphatic carbocycles. The van der Waals surface area contributed by atoms with E-state index in [4.69, 9.17) is 0 Å². The second kappa shape index (κ2) is 5.07. The molecule has 1 rings (SSSR count). The molecule has 1 N–H and O–H groups in total. The maximum absolute atomic E-state index is 12.1. The Morgan fingerprint density at radius 2 is 1.76 bits per heavy atom. The van der Waals surface area contributed by atoms with Crippen molar-refractivity contribution in [3.05, 3.63) is 35.5 Å². The molecule has 0 heterocycles. The largest absolute Gasteiger partial charge is 0.633 e. The van der Waals surface area contributed by atoms with E-state index in [-0.39, 0.29) is 16.1 Å². The molecular weight excluding hydrogens is 212 g/mol. The second-order valence-corrected chi connectivity index (χ2v) is 5.65. The number of quaternary nitrogens is 1. The highest BCUT2D eigenvalue weighted by Gasteiger charge is 2.35. The van der Waals surface area contributed by atoms with Gasteiger partial charge in [0, 0.05) is 18.2 Å². The van der Waals surface area contributed by atoms with Gasteiger partial charge in [-0.2, -0.15) is 0 Å². The molecule has 0 aromatic heterocycles. The first-order valence-corrected chi connectivity index (χ1v) is 6.09. The van der Waals surface area contributed by atoms with E-state index in [2.05, 4.69) is 12.2 Å². The normalized spacial score (nSPS) is 14.5. The zero-order chi connectivity index (χ0) is 13.1. The molecule has 0 amide bonds. The molecule has 1 aromatic carbocycles.